The number of allylic oxidation sites excluding steroid dienone is 2. The van der Waals surface area contributed by atoms with Crippen LogP contribution in [0.1, 0.15) is 135 Å². The Morgan fingerprint density at radius 1 is 0.426 bits per heavy atom. The number of amides is 6. The summed E-state index contributed by atoms with van der Waals surface area (Å²) in [4.78, 5) is 122. The van der Waals surface area contributed by atoms with E-state index in [1.165, 1.54) is 63.2 Å². The number of anilines is 4. The molecular formula is C79H60N4O11. The Labute approximate surface area is 541 Å². The van der Waals surface area contributed by atoms with Crippen LogP contribution in [0.2, 0.25) is 0 Å². The second-order valence-electron chi connectivity index (χ2n) is 23.7. The lowest BCUT2D eigenvalue weighted by atomic mass is 9.83. The predicted molar refractivity (Wildman–Crippen MR) is 360 cm³/mol. The van der Waals surface area contributed by atoms with Crippen molar-refractivity contribution in [3.05, 3.63) is 295 Å². The van der Waals surface area contributed by atoms with Crippen molar-refractivity contribution in [2.24, 2.45) is 5.92 Å². The molecule has 2 atom stereocenters. The van der Waals surface area contributed by atoms with Gasteiger partial charge in [0, 0.05) is 86.3 Å². The van der Waals surface area contributed by atoms with Crippen molar-refractivity contribution in [3.63, 3.8) is 0 Å². The van der Waals surface area contributed by atoms with Gasteiger partial charge >= 0.3 is 11.9 Å². The molecule has 15 heteroatoms. The van der Waals surface area contributed by atoms with Crippen molar-refractivity contribution < 1.29 is 52.6 Å². The van der Waals surface area contributed by atoms with Crippen LogP contribution in [0.15, 0.2) is 212 Å². The number of hydrogen-bond donors (Lipinski definition) is 0. The average Bonchev–Trinajstić information content (AvgIpc) is 0.725. The van der Waals surface area contributed by atoms with Gasteiger partial charge in [0.2, 0.25) is 0 Å². The highest BCUT2D eigenvalue weighted by Crippen LogP contribution is 2.43. The summed E-state index contributed by atoms with van der Waals surface area (Å²) in [5.41, 5.74) is 13.9. The number of carbonyl (C=O) groups excluding carboxylic acids is 8. The van der Waals surface area contributed by atoms with Crippen molar-refractivity contribution >= 4 is 91.7 Å². The molecule has 0 radical (unpaired) electrons. The van der Waals surface area contributed by atoms with Crippen LogP contribution in [-0.4, -0.2) is 61.5 Å². The van der Waals surface area contributed by atoms with Crippen molar-refractivity contribution in [1.29, 1.82) is 0 Å². The number of carbonyl (C=O) groups is 8. The van der Waals surface area contributed by atoms with E-state index in [9.17, 15) is 38.4 Å². The topological polar surface area (TPSA) is 177 Å². The average molecular weight is 1240 g/mol. The zero-order valence-electron chi connectivity index (χ0n) is 52.4. The molecule has 0 saturated carbocycles. The molecule has 6 amide bonds. The van der Waals surface area contributed by atoms with Crippen LogP contribution in [0.4, 0.5) is 22.7 Å². The zero-order valence-corrected chi connectivity index (χ0v) is 52.4. The molecule has 2 aliphatic heterocycles. The highest BCUT2D eigenvalue weighted by Gasteiger charge is 2.41. The standard InChI is InChI=1S/C79H60N4O11/c1-45-17-14-15-24-57(45)52-41-48(4)71(49(5)42-52)83-76(88)61-36-34-59(69-65(40-38-63(67(61)69)77(83)89)79(91)93-44-51-22-12-9-13-23-51)73(85)81(7)54-27-31-56(32-28-54)94-55-29-25-53(26-30-55)80(6)72(84)58-33-35-60-66-62(75(87)82(74(60)86)70-46(2)18-16-19-47(70)3)37-39-64(68(58)66)78(90)92-43-50-20-10-8-11-21-50/h8-13,16-42,45,57H,43-44H2,1-7H3. The molecule has 0 spiro atoms. The third-order valence-corrected chi connectivity index (χ3v) is 17.7. The summed E-state index contributed by atoms with van der Waals surface area (Å²) in [6.07, 6.45) is 3.94. The van der Waals surface area contributed by atoms with E-state index in [0.717, 1.165) is 43.8 Å². The van der Waals surface area contributed by atoms with Crippen LogP contribution in [0.25, 0.3) is 21.5 Å². The Kier molecular flexibility index (Phi) is 16.0. The Bertz CT molecular complexity index is 4920. The number of hydrogen-bond acceptors (Lipinski definition) is 11. The molecule has 3 aliphatic rings. The van der Waals surface area contributed by atoms with Crippen LogP contribution in [-0.2, 0) is 22.7 Å². The lowest BCUT2D eigenvalue weighted by Gasteiger charge is -2.31. The molecular weight excluding hydrogens is 1180 g/mol. The molecule has 2 unspecified atom stereocenters. The van der Waals surface area contributed by atoms with E-state index in [1.807, 2.05) is 131 Å². The summed E-state index contributed by atoms with van der Waals surface area (Å²) >= 11 is 0. The highest BCUT2D eigenvalue weighted by molar-refractivity contribution is 6.40. The Hall–Kier alpha value is -12.0. The number of nitrogens with zero attached hydrogens (tertiary/aromatic N) is 4. The maximum atomic E-state index is 15.0. The number of benzene rings is 10. The van der Waals surface area contributed by atoms with Crippen molar-refractivity contribution in [3.8, 4) is 11.5 Å². The van der Waals surface area contributed by atoms with Gasteiger partial charge in [-0.15, -0.1) is 0 Å². The van der Waals surface area contributed by atoms with E-state index in [-0.39, 0.29) is 91.1 Å². The van der Waals surface area contributed by atoms with E-state index in [2.05, 4.69) is 18.4 Å². The normalized spacial score (nSPS) is 14.6. The highest BCUT2D eigenvalue weighted by atomic mass is 16.5. The summed E-state index contributed by atoms with van der Waals surface area (Å²) in [5, 5.41) is 0.538. The van der Waals surface area contributed by atoms with Crippen LogP contribution in [0.3, 0.4) is 0 Å². The van der Waals surface area contributed by atoms with E-state index in [1.54, 1.807) is 62.6 Å². The smallest absolute Gasteiger partial charge is 0.339 e. The van der Waals surface area contributed by atoms with Crippen molar-refractivity contribution in [1.82, 2.24) is 0 Å². The van der Waals surface area contributed by atoms with Gasteiger partial charge in [0.25, 0.3) is 35.4 Å². The summed E-state index contributed by atoms with van der Waals surface area (Å²) in [6, 6.07) is 53.1. The number of esters is 2. The van der Waals surface area contributed by atoms with Crippen molar-refractivity contribution in [2.45, 2.75) is 53.8 Å². The number of imide groups is 2. The van der Waals surface area contributed by atoms with Gasteiger partial charge in [0.05, 0.1) is 22.5 Å². The van der Waals surface area contributed by atoms with Gasteiger partial charge in [0.15, 0.2) is 0 Å². The van der Waals surface area contributed by atoms with Gasteiger partial charge in [0.1, 0.15) is 24.7 Å². The molecule has 0 bridgehead atoms. The van der Waals surface area contributed by atoms with Gasteiger partial charge in [-0.25, -0.2) is 19.4 Å². The fourth-order valence-corrected chi connectivity index (χ4v) is 12.9. The molecule has 10 aromatic rings. The molecule has 1 aliphatic carbocycles. The largest absolute Gasteiger partial charge is 0.457 e. The van der Waals surface area contributed by atoms with Crippen LogP contribution < -0.4 is 24.3 Å². The van der Waals surface area contributed by atoms with Crippen molar-refractivity contribution in [2.75, 3.05) is 33.7 Å². The summed E-state index contributed by atoms with van der Waals surface area (Å²) in [5.74, 6) is -4.00. The maximum absolute atomic E-state index is 15.0. The second-order valence-corrected chi connectivity index (χ2v) is 23.7. The minimum absolute atomic E-state index is 0.000916. The van der Waals surface area contributed by atoms with Gasteiger partial charge in [-0.3, -0.25) is 28.8 Å². The second kappa shape index (κ2) is 24.6. The number of ether oxygens (including phenoxy) is 3. The predicted octanol–water partition coefficient (Wildman–Crippen LogP) is 15.5. The third-order valence-electron chi connectivity index (χ3n) is 17.7. The minimum Gasteiger partial charge on any atom is -0.457 e. The number of aryl methyl sites for hydroxylation is 4. The fourth-order valence-electron chi connectivity index (χ4n) is 12.9. The number of para-hydroxylation sites is 1. The van der Waals surface area contributed by atoms with Gasteiger partial charge in [-0.2, -0.15) is 0 Å². The molecule has 0 aromatic heterocycles. The van der Waals surface area contributed by atoms with Crippen LogP contribution in [0.5, 0.6) is 11.5 Å². The first kappa shape index (κ1) is 60.9. The Morgan fingerprint density at radius 2 is 0.798 bits per heavy atom. The lowest BCUT2D eigenvalue weighted by molar-refractivity contribution is 0.0466. The summed E-state index contributed by atoms with van der Waals surface area (Å²) < 4.78 is 17.9. The Balaban J connectivity index is 0.763. The monoisotopic (exact) mass is 1240 g/mol. The van der Waals surface area contributed by atoms with Gasteiger partial charge in [-0.05, 0) is 182 Å². The van der Waals surface area contributed by atoms with E-state index in [0.29, 0.717) is 34.2 Å². The Morgan fingerprint density at radius 3 is 1.19 bits per heavy atom. The molecule has 0 fully saturated rings. The fraction of sp³-hybridized carbons (Fsp3) is 0.139. The molecule has 2 heterocycles. The molecule has 10 aromatic carbocycles. The summed E-state index contributed by atoms with van der Waals surface area (Å²) in [7, 11) is 3.15. The molecule has 94 heavy (non-hydrogen) atoms. The van der Waals surface area contributed by atoms with E-state index < -0.39 is 47.4 Å². The minimum atomic E-state index is -0.753. The van der Waals surface area contributed by atoms with E-state index >= 15 is 0 Å². The third kappa shape index (κ3) is 10.8. The van der Waals surface area contributed by atoms with Gasteiger partial charge in [-0.1, -0.05) is 109 Å². The quantitative estimate of drug-likeness (QED) is 0.0542. The van der Waals surface area contributed by atoms with Gasteiger partial charge < -0.3 is 24.0 Å². The molecule has 15 nitrogen and oxygen atoms in total. The number of rotatable bonds is 15. The lowest BCUT2D eigenvalue weighted by Crippen LogP contribution is -2.41. The van der Waals surface area contributed by atoms with E-state index in [4.69, 9.17) is 14.2 Å². The molecule has 13 rings (SSSR count). The zero-order chi connectivity index (χ0) is 65.8. The maximum Gasteiger partial charge on any atom is 0.339 e. The first-order valence-corrected chi connectivity index (χ1v) is 30.6. The van der Waals surface area contributed by atoms with Crippen LogP contribution in [0, 0.1) is 33.6 Å². The SMILES string of the molecule is Cc1cccc(C)c1N1C(=O)c2ccc(C(=O)OCc3ccccc3)c3c(C(=O)N(C)c4ccc(Oc5ccc(N(C)C(=O)c6ccc7c8c(ccc(C(=O)OCc9ccccc9)c68)C(=O)N(c6c(C)cc(C8C=C=C=CC8C)cc6C)C7=O)cc5)cc4)ccc(c23)C1=O. The molecule has 0 N–H and O–H groups in total. The summed E-state index contributed by atoms with van der Waals surface area (Å²) in [6.45, 7) is 9.35. The first-order valence-electron chi connectivity index (χ1n) is 30.6. The molecule has 462 valence electrons. The van der Waals surface area contributed by atoms with Crippen LogP contribution >= 0.6 is 0 Å². The molecule has 0 saturated heterocycles. The first-order chi connectivity index (χ1) is 45.4.